The summed E-state index contributed by atoms with van der Waals surface area (Å²) in [5.74, 6) is 0.393. The number of halogens is 1. The van der Waals surface area contributed by atoms with Crippen molar-refractivity contribution >= 4 is 23.4 Å². The molecular weight excluding hydrogens is 212 g/mol. The number of aliphatic hydroxyl groups is 2. The standard InChI is InChI=1S/C7H9ClN2O2S/c8-6-1-7(10-4-9-6)13-3-5(12)2-11/h1,4-5,11-12H,2-3H2. The molecule has 0 aliphatic heterocycles. The van der Waals surface area contributed by atoms with Crippen molar-refractivity contribution in [1.29, 1.82) is 0 Å². The summed E-state index contributed by atoms with van der Waals surface area (Å²) >= 11 is 6.94. The number of thioether (sulfide) groups is 1. The third-order valence-corrected chi connectivity index (χ3v) is 2.52. The van der Waals surface area contributed by atoms with Crippen LogP contribution in [-0.4, -0.2) is 38.6 Å². The Bertz CT molecular complexity index is 274. The molecule has 0 fully saturated rings. The Kier molecular flexibility index (Phi) is 4.44. The van der Waals surface area contributed by atoms with Crippen molar-refractivity contribution in [3.8, 4) is 0 Å². The van der Waals surface area contributed by atoms with Gasteiger partial charge in [0.1, 0.15) is 16.5 Å². The van der Waals surface area contributed by atoms with Crippen LogP contribution in [0.15, 0.2) is 17.4 Å². The smallest absolute Gasteiger partial charge is 0.133 e. The van der Waals surface area contributed by atoms with E-state index in [2.05, 4.69) is 9.97 Å². The minimum absolute atomic E-state index is 0.244. The Balaban J connectivity index is 2.45. The van der Waals surface area contributed by atoms with E-state index in [1.54, 1.807) is 6.07 Å². The quantitative estimate of drug-likeness (QED) is 0.574. The van der Waals surface area contributed by atoms with Crippen LogP contribution in [0.5, 0.6) is 0 Å². The maximum atomic E-state index is 9.04. The highest BCUT2D eigenvalue weighted by Gasteiger charge is 2.04. The van der Waals surface area contributed by atoms with Gasteiger partial charge in [-0.1, -0.05) is 11.6 Å². The number of rotatable bonds is 4. The van der Waals surface area contributed by atoms with Gasteiger partial charge in [-0.2, -0.15) is 0 Å². The van der Waals surface area contributed by atoms with Crippen molar-refractivity contribution in [2.75, 3.05) is 12.4 Å². The first-order chi connectivity index (χ1) is 6.22. The van der Waals surface area contributed by atoms with Gasteiger partial charge in [0.05, 0.1) is 12.7 Å². The largest absolute Gasteiger partial charge is 0.394 e. The molecule has 0 aliphatic rings. The van der Waals surface area contributed by atoms with Crippen molar-refractivity contribution in [3.63, 3.8) is 0 Å². The van der Waals surface area contributed by atoms with E-state index in [9.17, 15) is 0 Å². The molecule has 0 aliphatic carbocycles. The van der Waals surface area contributed by atoms with Crippen LogP contribution in [0.1, 0.15) is 0 Å². The lowest BCUT2D eigenvalue weighted by Gasteiger charge is -2.05. The molecule has 1 aromatic rings. The fraction of sp³-hybridized carbons (Fsp3) is 0.429. The Morgan fingerprint density at radius 3 is 2.92 bits per heavy atom. The predicted octanol–water partition coefficient (Wildman–Crippen LogP) is 0.575. The average Bonchev–Trinajstić information content (AvgIpc) is 2.14. The molecule has 72 valence electrons. The maximum absolute atomic E-state index is 9.04. The van der Waals surface area contributed by atoms with Crippen LogP contribution in [0.2, 0.25) is 5.15 Å². The predicted molar refractivity (Wildman–Crippen MR) is 50.9 cm³/mol. The zero-order valence-corrected chi connectivity index (χ0v) is 8.29. The highest BCUT2D eigenvalue weighted by Crippen LogP contribution is 2.17. The van der Waals surface area contributed by atoms with E-state index < -0.39 is 6.10 Å². The Hall–Kier alpha value is -0.360. The lowest BCUT2D eigenvalue weighted by molar-refractivity contribution is 0.113. The van der Waals surface area contributed by atoms with Crippen molar-refractivity contribution in [2.24, 2.45) is 0 Å². The zero-order valence-electron chi connectivity index (χ0n) is 6.72. The summed E-state index contributed by atoms with van der Waals surface area (Å²) in [6.07, 6.45) is 0.634. The first kappa shape index (κ1) is 10.7. The fourth-order valence-electron chi connectivity index (χ4n) is 0.631. The molecule has 13 heavy (non-hydrogen) atoms. The van der Waals surface area contributed by atoms with E-state index in [-0.39, 0.29) is 6.61 Å². The molecule has 0 radical (unpaired) electrons. The minimum atomic E-state index is -0.723. The second-order valence-electron chi connectivity index (χ2n) is 2.33. The fourth-order valence-corrected chi connectivity index (χ4v) is 1.63. The third-order valence-electron chi connectivity index (χ3n) is 1.24. The van der Waals surface area contributed by atoms with Crippen LogP contribution in [0, 0.1) is 0 Å². The molecule has 2 N–H and O–H groups in total. The zero-order chi connectivity index (χ0) is 9.68. The maximum Gasteiger partial charge on any atom is 0.133 e. The molecule has 0 amide bonds. The van der Waals surface area contributed by atoms with E-state index in [1.165, 1.54) is 18.1 Å². The Morgan fingerprint density at radius 2 is 2.31 bits per heavy atom. The van der Waals surface area contributed by atoms with Gasteiger partial charge in [-0.25, -0.2) is 9.97 Å². The van der Waals surface area contributed by atoms with E-state index in [1.807, 2.05) is 0 Å². The van der Waals surface area contributed by atoms with Gasteiger partial charge in [-0.3, -0.25) is 0 Å². The first-order valence-corrected chi connectivity index (χ1v) is 4.98. The summed E-state index contributed by atoms with van der Waals surface area (Å²) in [5, 5.41) is 18.6. The molecule has 0 aromatic carbocycles. The van der Waals surface area contributed by atoms with Gasteiger partial charge in [0.25, 0.3) is 0 Å². The van der Waals surface area contributed by atoms with E-state index >= 15 is 0 Å². The van der Waals surface area contributed by atoms with Gasteiger partial charge in [-0.15, -0.1) is 11.8 Å². The van der Waals surface area contributed by atoms with Crippen LogP contribution >= 0.6 is 23.4 Å². The second-order valence-corrected chi connectivity index (χ2v) is 3.75. The third kappa shape index (κ3) is 3.91. The van der Waals surface area contributed by atoms with Crippen molar-refractivity contribution in [2.45, 2.75) is 11.1 Å². The minimum Gasteiger partial charge on any atom is -0.394 e. The number of hydrogen-bond donors (Lipinski definition) is 2. The molecular formula is C7H9ClN2O2S. The van der Waals surface area contributed by atoms with E-state index in [0.717, 1.165) is 0 Å². The number of nitrogens with zero attached hydrogens (tertiary/aromatic N) is 2. The van der Waals surface area contributed by atoms with Gasteiger partial charge < -0.3 is 10.2 Å². The number of aromatic nitrogens is 2. The summed E-state index contributed by atoms with van der Waals surface area (Å²) < 4.78 is 0. The molecule has 1 heterocycles. The van der Waals surface area contributed by atoms with Gasteiger partial charge in [-0.05, 0) is 0 Å². The van der Waals surface area contributed by atoms with Crippen LogP contribution in [-0.2, 0) is 0 Å². The van der Waals surface area contributed by atoms with E-state index in [4.69, 9.17) is 21.8 Å². The molecule has 4 nitrogen and oxygen atoms in total. The first-order valence-electron chi connectivity index (χ1n) is 3.61. The summed E-state index contributed by atoms with van der Waals surface area (Å²) in [6.45, 7) is -0.244. The van der Waals surface area contributed by atoms with Gasteiger partial charge in [0, 0.05) is 11.8 Å². The Morgan fingerprint density at radius 1 is 1.54 bits per heavy atom. The SMILES string of the molecule is OCC(O)CSc1cc(Cl)ncn1. The summed E-state index contributed by atoms with van der Waals surface area (Å²) in [5.41, 5.74) is 0. The van der Waals surface area contributed by atoms with Gasteiger partial charge in [0.15, 0.2) is 0 Å². The summed E-state index contributed by atoms with van der Waals surface area (Å²) in [6, 6.07) is 1.61. The monoisotopic (exact) mass is 220 g/mol. The Labute approximate surface area is 85.0 Å². The van der Waals surface area contributed by atoms with Crippen LogP contribution in [0.3, 0.4) is 0 Å². The van der Waals surface area contributed by atoms with E-state index in [0.29, 0.717) is 15.9 Å². The summed E-state index contributed by atoms with van der Waals surface area (Å²) in [7, 11) is 0. The number of hydrogen-bond acceptors (Lipinski definition) is 5. The molecule has 6 heteroatoms. The highest BCUT2D eigenvalue weighted by atomic mass is 35.5. The topological polar surface area (TPSA) is 66.2 Å². The van der Waals surface area contributed by atoms with Crippen LogP contribution in [0.4, 0.5) is 0 Å². The molecule has 0 saturated heterocycles. The average molecular weight is 221 g/mol. The molecule has 0 saturated carbocycles. The van der Waals surface area contributed by atoms with Crippen LogP contribution in [0.25, 0.3) is 0 Å². The van der Waals surface area contributed by atoms with Gasteiger partial charge in [0.2, 0.25) is 0 Å². The van der Waals surface area contributed by atoms with Gasteiger partial charge >= 0.3 is 0 Å². The van der Waals surface area contributed by atoms with Crippen molar-refractivity contribution < 1.29 is 10.2 Å². The lowest BCUT2D eigenvalue weighted by Crippen LogP contribution is -2.14. The van der Waals surface area contributed by atoms with Crippen LogP contribution < -0.4 is 0 Å². The second kappa shape index (κ2) is 5.39. The van der Waals surface area contributed by atoms with Crippen molar-refractivity contribution in [3.05, 3.63) is 17.5 Å². The normalized spacial score (nSPS) is 12.8. The molecule has 0 spiro atoms. The summed E-state index contributed by atoms with van der Waals surface area (Å²) in [4.78, 5) is 7.64. The lowest BCUT2D eigenvalue weighted by atomic mass is 10.4. The molecule has 1 rings (SSSR count). The molecule has 1 atom stereocenters. The highest BCUT2D eigenvalue weighted by molar-refractivity contribution is 7.99. The molecule has 0 bridgehead atoms. The van der Waals surface area contributed by atoms with Crippen molar-refractivity contribution in [1.82, 2.24) is 9.97 Å². The molecule has 1 aromatic heterocycles. The number of aliphatic hydroxyl groups excluding tert-OH is 2. The molecule has 1 unspecified atom stereocenters.